The molecule has 118 valence electrons. The summed E-state index contributed by atoms with van der Waals surface area (Å²) in [7, 11) is 0. The molecule has 6 nitrogen and oxygen atoms in total. The lowest BCUT2D eigenvalue weighted by Gasteiger charge is -2.15. The lowest BCUT2D eigenvalue weighted by Crippen LogP contribution is -2.34. The number of benzene rings is 1. The zero-order valence-electron chi connectivity index (χ0n) is 12.5. The van der Waals surface area contributed by atoms with Gasteiger partial charge in [0.2, 0.25) is 5.91 Å². The van der Waals surface area contributed by atoms with Crippen LogP contribution in [0, 0.1) is 5.92 Å². The van der Waals surface area contributed by atoms with Gasteiger partial charge in [0.1, 0.15) is 5.56 Å². The maximum Gasteiger partial charge on any atom is 0.261 e. The van der Waals surface area contributed by atoms with Crippen molar-refractivity contribution in [2.75, 3.05) is 13.1 Å². The number of carbonyl (C=O) groups excluding carboxylic acids is 2. The van der Waals surface area contributed by atoms with E-state index in [9.17, 15) is 14.4 Å². The number of amides is 2. The van der Waals surface area contributed by atoms with Crippen LogP contribution in [-0.4, -0.2) is 34.8 Å². The molecule has 2 heterocycles. The molecule has 1 fully saturated rings. The molecule has 0 unspecified atom stereocenters. The normalized spacial score (nSPS) is 17.2. The van der Waals surface area contributed by atoms with E-state index < -0.39 is 11.5 Å². The second kappa shape index (κ2) is 6.08. The lowest BCUT2D eigenvalue weighted by atomic mass is 10.1. The minimum atomic E-state index is -0.432. The van der Waals surface area contributed by atoms with Crippen molar-refractivity contribution in [3.63, 3.8) is 0 Å². The van der Waals surface area contributed by atoms with Gasteiger partial charge in [0.05, 0.1) is 5.92 Å². The maximum atomic E-state index is 12.4. The Morgan fingerprint density at radius 1 is 1.13 bits per heavy atom. The van der Waals surface area contributed by atoms with Crippen molar-refractivity contribution >= 4 is 11.8 Å². The molecule has 3 N–H and O–H groups in total. The van der Waals surface area contributed by atoms with Crippen molar-refractivity contribution in [3.05, 3.63) is 58.4 Å². The second-order valence-corrected chi connectivity index (χ2v) is 5.62. The van der Waals surface area contributed by atoms with E-state index in [1.807, 2.05) is 30.3 Å². The van der Waals surface area contributed by atoms with Crippen molar-refractivity contribution in [1.82, 2.24) is 9.88 Å². The highest BCUT2D eigenvalue weighted by atomic mass is 16.2. The van der Waals surface area contributed by atoms with E-state index in [-0.39, 0.29) is 23.9 Å². The molecule has 0 radical (unpaired) electrons. The molecule has 2 amide bonds. The van der Waals surface area contributed by atoms with Crippen LogP contribution in [0.2, 0.25) is 0 Å². The van der Waals surface area contributed by atoms with Crippen molar-refractivity contribution < 1.29 is 9.59 Å². The molecule has 0 spiro atoms. The van der Waals surface area contributed by atoms with Crippen LogP contribution in [0.5, 0.6) is 0 Å². The Hall–Kier alpha value is -2.89. The van der Waals surface area contributed by atoms with Crippen LogP contribution in [0.15, 0.2) is 47.3 Å². The average molecular weight is 311 g/mol. The number of pyridine rings is 1. The number of nitrogens with one attached hydrogen (secondary N) is 1. The van der Waals surface area contributed by atoms with Gasteiger partial charge in [-0.1, -0.05) is 30.3 Å². The molecule has 3 rings (SSSR count). The molecule has 0 bridgehead atoms. The summed E-state index contributed by atoms with van der Waals surface area (Å²) < 4.78 is 0. The van der Waals surface area contributed by atoms with Gasteiger partial charge in [-0.3, -0.25) is 14.4 Å². The molecule has 1 aliphatic heterocycles. The molecule has 6 heteroatoms. The van der Waals surface area contributed by atoms with Gasteiger partial charge in [0.15, 0.2) is 0 Å². The SMILES string of the molecule is NC(=O)[C@@H]1CCN(C(=O)c2ccc(-c3ccccc3)[nH]c2=O)C1. The van der Waals surface area contributed by atoms with Gasteiger partial charge in [0.25, 0.3) is 11.5 Å². The highest BCUT2D eigenvalue weighted by Gasteiger charge is 2.31. The van der Waals surface area contributed by atoms with Gasteiger partial charge >= 0.3 is 0 Å². The third-order valence-electron chi connectivity index (χ3n) is 4.10. The molecule has 1 saturated heterocycles. The number of H-pyrrole nitrogens is 1. The summed E-state index contributed by atoms with van der Waals surface area (Å²) >= 11 is 0. The number of hydrogen-bond acceptors (Lipinski definition) is 3. The van der Waals surface area contributed by atoms with Gasteiger partial charge in [-0.05, 0) is 24.1 Å². The first-order valence-electron chi connectivity index (χ1n) is 7.43. The Bertz CT molecular complexity index is 798. The highest BCUT2D eigenvalue weighted by molar-refractivity contribution is 5.94. The van der Waals surface area contributed by atoms with Crippen LogP contribution in [0.3, 0.4) is 0 Å². The number of aromatic nitrogens is 1. The zero-order chi connectivity index (χ0) is 16.4. The third-order valence-corrected chi connectivity index (χ3v) is 4.10. The van der Waals surface area contributed by atoms with Crippen LogP contribution < -0.4 is 11.3 Å². The number of rotatable bonds is 3. The van der Waals surface area contributed by atoms with Crippen molar-refractivity contribution in [2.45, 2.75) is 6.42 Å². The third kappa shape index (κ3) is 3.01. The molecule has 1 aromatic carbocycles. The Kier molecular flexibility index (Phi) is 3.97. The molecule has 2 aromatic rings. The van der Waals surface area contributed by atoms with E-state index in [1.165, 1.54) is 11.0 Å². The number of aromatic amines is 1. The summed E-state index contributed by atoms with van der Waals surface area (Å²) in [6.07, 6.45) is 0.543. The molecule has 1 aliphatic rings. The van der Waals surface area contributed by atoms with Crippen LogP contribution >= 0.6 is 0 Å². The fourth-order valence-corrected chi connectivity index (χ4v) is 2.78. The van der Waals surface area contributed by atoms with E-state index in [4.69, 9.17) is 5.73 Å². The smallest absolute Gasteiger partial charge is 0.261 e. The van der Waals surface area contributed by atoms with Gasteiger partial charge in [-0.25, -0.2) is 0 Å². The minimum absolute atomic E-state index is 0.0785. The Morgan fingerprint density at radius 2 is 1.87 bits per heavy atom. The number of hydrogen-bond donors (Lipinski definition) is 2. The number of nitrogens with two attached hydrogens (primary N) is 1. The van der Waals surface area contributed by atoms with E-state index >= 15 is 0 Å². The summed E-state index contributed by atoms with van der Waals surface area (Å²) in [6.45, 7) is 0.709. The van der Waals surface area contributed by atoms with Gasteiger partial charge in [0, 0.05) is 18.8 Å². The highest BCUT2D eigenvalue weighted by Crippen LogP contribution is 2.19. The minimum Gasteiger partial charge on any atom is -0.369 e. The van der Waals surface area contributed by atoms with Crippen molar-refractivity contribution in [2.24, 2.45) is 11.7 Å². The van der Waals surface area contributed by atoms with Crippen molar-refractivity contribution in [3.8, 4) is 11.3 Å². The quantitative estimate of drug-likeness (QED) is 0.884. The zero-order valence-corrected chi connectivity index (χ0v) is 12.5. The average Bonchev–Trinajstić information content (AvgIpc) is 3.05. The standard InChI is InChI=1S/C17H17N3O3/c18-15(21)12-8-9-20(10-12)17(23)13-6-7-14(19-16(13)22)11-4-2-1-3-5-11/h1-7,12H,8-10H2,(H2,18,21)(H,19,22)/t12-/m1/s1. The van der Waals surface area contributed by atoms with Crippen LogP contribution in [0.4, 0.5) is 0 Å². The van der Waals surface area contributed by atoms with Gasteiger partial charge in [-0.2, -0.15) is 0 Å². The molecule has 0 saturated carbocycles. The van der Waals surface area contributed by atoms with E-state index in [2.05, 4.69) is 4.98 Å². The number of likely N-dealkylation sites (tertiary alicyclic amines) is 1. The maximum absolute atomic E-state index is 12.4. The summed E-state index contributed by atoms with van der Waals surface area (Å²) in [4.78, 5) is 40.1. The first kappa shape index (κ1) is 15.0. The van der Waals surface area contributed by atoms with Gasteiger partial charge < -0.3 is 15.6 Å². The summed E-state index contributed by atoms with van der Waals surface area (Å²) in [5.41, 5.74) is 6.44. The fraction of sp³-hybridized carbons (Fsp3) is 0.235. The Labute approximate surface area is 132 Å². The molecule has 1 atom stereocenters. The lowest BCUT2D eigenvalue weighted by molar-refractivity contribution is -0.121. The van der Waals surface area contributed by atoms with Crippen molar-refractivity contribution in [1.29, 1.82) is 0 Å². The van der Waals surface area contributed by atoms with E-state index in [0.29, 0.717) is 18.7 Å². The first-order chi connectivity index (χ1) is 11.1. The van der Waals surface area contributed by atoms with Crippen LogP contribution in [-0.2, 0) is 4.79 Å². The Balaban J connectivity index is 1.83. The van der Waals surface area contributed by atoms with Crippen LogP contribution in [0.1, 0.15) is 16.8 Å². The second-order valence-electron chi connectivity index (χ2n) is 5.62. The van der Waals surface area contributed by atoms with Gasteiger partial charge in [-0.15, -0.1) is 0 Å². The molecular weight excluding hydrogens is 294 g/mol. The predicted molar refractivity (Wildman–Crippen MR) is 85.7 cm³/mol. The topological polar surface area (TPSA) is 96.3 Å². The Morgan fingerprint density at radius 3 is 2.48 bits per heavy atom. The number of carbonyl (C=O) groups is 2. The predicted octanol–water partition coefficient (Wildman–Crippen LogP) is 0.989. The number of nitrogens with zero attached hydrogens (tertiary/aromatic N) is 1. The summed E-state index contributed by atoms with van der Waals surface area (Å²) in [5.74, 6) is -1.11. The van der Waals surface area contributed by atoms with Crippen LogP contribution in [0.25, 0.3) is 11.3 Å². The number of primary amides is 1. The summed E-state index contributed by atoms with van der Waals surface area (Å²) in [6, 6.07) is 12.6. The molecular formula is C17H17N3O3. The molecule has 1 aromatic heterocycles. The summed E-state index contributed by atoms with van der Waals surface area (Å²) in [5, 5.41) is 0. The fourth-order valence-electron chi connectivity index (χ4n) is 2.78. The monoisotopic (exact) mass is 311 g/mol. The molecule has 0 aliphatic carbocycles. The van der Waals surface area contributed by atoms with E-state index in [1.54, 1.807) is 6.07 Å². The van der Waals surface area contributed by atoms with E-state index in [0.717, 1.165) is 5.56 Å². The first-order valence-corrected chi connectivity index (χ1v) is 7.43. The molecule has 23 heavy (non-hydrogen) atoms. The largest absolute Gasteiger partial charge is 0.369 e.